The minimum Gasteiger partial charge on any atom is -0.481 e. The van der Waals surface area contributed by atoms with Crippen LogP contribution in [-0.4, -0.2) is 26.4 Å². The van der Waals surface area contributed by atoms with E-state index in [1.807, 2.05) is 4.57 Å². The third-order valence-electron chi connectivity index (χ3n) is 3.99. The molecule has 1 aliphatic carbocycles. The normalized spacial score (nSPS) is 15.3. The van der Waals surface area contributed by atoms with Crippen molar-refractivity contribution in [1.29, 1.82) is 0 Å². The van der Waals surface area contributed by atoms with Crippen molar-refractivity contribution < 1.29 is 14.3 Å². The van der Waals surface area contributed by atoms with Gasteiger partial charge in [0.1, 0.15) is 5.82 Å². The molecule has 0 aliphatic heterocycles. The number of carboxylic acids is 1. The highest BCUT2D eigenvalue weighted by Gasteiger charge is 2.19. The molecule has 1 fully saturated rings. The molecule has 0 saturated heterocycles. The number of carbonyl (C=O) groups is 1. The van der Waals surface area contributed by atoms with Crippen molar-refractivity contribution in [2.45, 2.75) is 37.4 Å². The second-order valence-electron chi connectivity index (χ2n) is 5.45. The minimum absolute atomic E-state index is 0.0325. The van der Waals surface area contributed by atoms with Gasteiger partial charge in [0.05, 0.1) is 16.8 Å². The van der Waals surface area contributed by atoms with Gasteiger partial charge in [0.25, 0.3) is 0 Å². The summed E-state index contributed by atoms with van der Waals surface area (Å²) in [4.78, 5) is 15.2. The summed E-state index contributed by atoms with van der Waals surface area (Å²) in [5, 5.41) is 9.50. The first-order valence-electron chi connectivity index (χ1n) is 7.14. The van der Waals surface area contributed by atoms with Crippen LogP contribution >= 0.6 is 11.8 Å². The molecule has 2 aromatic rings. The van der Waals surface area contributed by atoms with E-state index >= 15 is 0 Å². The zero-order valence-electron chi connectivity index (χ0n) is 11.6. The van der Waals surface area contributed by atoms with Gasteiger partial charge < -0.3 is 9.67 Å². The van der Waals surface area contributed by atoms with E-state index in [1.165, 1.54) is 43.2 Å². The maximum Gasteiger partial charge on any atom is 0.313 e. The lowest BCUT2D eigenvalue weighted by Crippen LogP contribution is -2.14. The number of aliphatic carboxylic acids is 1. The average Bonchev–Trinajstić information content (AvgIpc) is 2.72. The summed E-state index contributed by atoms with van der Waals surface area (Å²) in [5.41, 5.74) is 1.47. The molecule has 1 aromatic heterocycles. The summed E-state index contributed by atoms with van der Waals surface area (Å²) in [7, 11) is 0. The fraction of sp³-hybridized carbons (Fsp3) is 0.467. The molecule has 112 valence electrons. The summed E-state index contributed by atoms with van der Waals surface area (Å²) in [6.45, 7) is 0.770. The Kier molecular flexibility index (Phi) is 4.14. The number of aromatic nitrogens is 2. The topological polar surface area (TPSA) is 55.1 Å². The molecule has 0 unspecified atom stereocenters. The maximum absolute atomic E-state index is 13.5. The highest BCUT2D eigenvalue weighted by atomic mass is 32.2. The van der Waals surface area contributed by atoms with Crippen LogP contribution in [-0.2, 0) is 11.3 Å². The fourth-order valence-corrected chi connectivity index (χ4v) is 3.38. The molecule has 0 atom stereocenters. The molecule has 1 aromatic carbocycles. The number of halogens is 1. The van der Waals surface area contributed by atoms with Gasteiger partial charge in [0.2, 0.25) is 0 Å². The van der Waals surface area contributed by atoms with E-state index in [9.17, 15) is 9.18 Å². The summed E-state index contributed by atoms with van der Waals surface area (Å²) in [6, 6.07) is 4.51. The number of nitrogens with zero attached hydrogens (tertiary/aromatic N) is 2. The second-order valence-corrected chi connectivity index (χ2v) is 6.39. The highest BCUT2D eigenvalue weighted by Crippen LogP contribution is 2.32. The van der Waals surface area contributed by atoms with Crippen molar-refractivity contribution in [3.63, 3.8) is 0 Å². The van der Waals surface area contributed by atoms with Crippen LogP contribution in [0.3, 0.4) is 0 Å². The van der Waals surface area contributed by atoms with Crippen LogP contribution in [0.15, 0.2) is 23.4 Å². The van der Waals surface area contributed by atoms with E-state index in [-0.39, 0.29) is 11.6 Å². The van der Waals surface area contributed by atoms with Crippen LogP contribution in [0, 0.1) is 11.7 Å². The van der Waals surface area contributed by atoms with E-state index in [4.69, 9.17) is 5.11 Å². The Labute approximate surface area is 126 Å². The molecule has 6 heteroatoms. The van der Waals surface area contributed by atoms with Crippen LogP contribution in [0.2, 0.25) is 0 Å². The van der Waals surface area contributed by atoms with Crippen LogP contribution in [0.25, 0.3) is 11.0 Å². The first-order valence-corrected chi connectivity index (χ1v) is 8.12. The van der Waals surface area contributed by atoms with E-state index < -0.39 is 5.97 Å². The Morgan fingerprint density at radius 3 is 2.95 bits per heavy atom. The third kappa shape index (κ3) is 3.20. The van der Waals surface area contributed by atoms with Gasteiger partial charge in [-0.05, 0) is 30.5 Å². The summed E-state index contributed by atoms with van der Waals surface area (Å²) in [6.07, 6.45) is 4.87. The number of rotatable bonds is 6. The first-order chi connectivity index (χ1) is 10.1. The number of thioether (sulfide) groups is 1. The lowest BCUT2D eigenvalue weighted by molar-refractivity contribution is -0.133. The maximum atomic E-state index is 13.5. The van der Waals surface area contributed by atoms with E-state index in [0.717, 1.165) is 29.9 Å². The molecular formula is C15H17FN2O2S. The van der Waals surface area contributed by atoms with Crippen LogP contribution in [0.4, 0.5) is 4.39 Å². The second kappa shape index (κ2) is 6.05. The van der Waals surface area contributed by atoms with Crippen molar-refractivity contribution >= 4 is 28.8 Å². The molecule has 0 amide bonds. The summed E-state index contributed by atoms with van der Waals surface area (Å²) in [5.74, 6) is -0.450. The number of fused-ring (bicyclic) bond motifs is 1. The largest absolute Gasteiger partial charge is 0.481 e. The number of hydrogen-bond donors (Lipinski definition) is 1. The zero-order valence-corrected chi connectivity index (χ0v) is 12.4. The van der Waals surface area contributed by atoms with E-state index in [1.54, 1.807) is 6.07 Å². The van der Waals surface area contributed by atoms with Gasteiger partial charge in [-0.3, -0.25) is 4.79 Å². The number of aryl methyl sites for hydroxylation is 1. The molecule has 0 bridgehead atoms. The standard InChI is InChI=1S/C15H17FN2O2S/c16-11-4-5-12-13(8-11)18(7-6-10-2-1-3-10)15(17-12)21-9-14(19)20/h4-5,8,10H,1-3,6-7,9H2,(H,19,20). The van der Waals surface area contributed by atoms with Gasteiger partial charge in [-0.1, -0.05) is 31.0 Å². The molecule has 0 spiro atoms. The van der Waals surface area contributed by atoms with Crippen molar-refractivity contribution in [2.75, 3.05) is 5.75 Å². The highest BCUT2D eigenvalue weighted by molar-refractivity contribution is 7.99. The molecule has 4 nitrogen and oxygen atoms in total. The average molecular weight is 308 g/mol. The van der Waals surface area contributed by atoms with Crippen molar-refractivity contribution in [1.82, 2.24) is 9.55 Å². The smallest absolute Gasteiger partial charge is 0.313 e. The number of carboxylic acid groups (broad SMARTS) is 1. The Morgan fingerprint density at radius 2 is 2.29 bits per heavy atom. The van der Waals surface area contributed by atoms with Gasteiger partial charge in [-0.2, -0.15) is 0 Å². The molecule has 3 rings (SSSR count). The van der Waals surface area contributed by atoms with Crippen LogP contribution in [0.1, 0.15) is 25.7 Å². The Balaban J connectivity index is 1.88. The van der Waals surface area contributed by atoms with E-state index in [0.29, 0.717) is 5.16 Å². The molecular weight excluding hydrogens is 291 g/mol. The lowest BCUT2D eigenvalue weighted by atomic mass is 9.83. The summed E-state index contributed by atoms with van der Waals surface area (Å²) >= 11 is 1.19. The van der Waals surface area contributed by atoms with Gasteiger partial charge in [-0.15, -0.1) is 0 Å². The van der Waals surface area contributed by atoms with Crippen LogP contribution in [0.5, 0.6) is 0 Å². The Morgan fingerprint density at radius 1 is 1.48 bits per heavy atom. The quantitative estimate of drug-likeness (QED) is 0.829. The van der Waals surface area contributed by atoms with Gasteiger partial charge in [0.15, 0.2) is 5.16 Å². The van der Waals surface area contributed by atoms with Gasteiger partial charge in [0, 0.05) is 6.54 Å². The molecule has 21 heavy (non-hydrogen) atoms. The SMILES string of the molecule is O=C(O)CSc1nc2ccc(F)cc2n1CCC1CCC1. The molecule has 1 aliphatic rings. The van der Waals surface area contributed by atoms with E-state index in [2.05, 4.69) is 4.98 Å². The predicted molar refractivity (Wildman–Crippen MR) is 80.0 cm³/mol. The van der Waals surface area contributed by atoms with Gasteiger partial charge >= 0.3 is 5.97 Å². The molecule has 1 heterocycles. The molecule has 1 saturated carbocycles. The van der Waals surface area contributed by atoms with Crippen LogP contribution < -0.4 is 0 Å². The predicted octanol–water partition coefficient (Wildman–Crippen LogP) is 3.54. The van der Waals surface area contributed by atoms with Gasteiger partial charge in [-0.25, -0.2) is 9.37 Å². The lowest BCUT2D eigenvalue weighted by Gasteiger charge is -2.25. The summed E-state index contributed by atoms with van der Waals surface area (Å²) < 4.78 is 15.4. The Hall–Kier alpha value is -1.56. The number of benzene rings is 1. The number of imidazole rings is 1. The molecule has 0 radical (unpaired) electrons. The molecule has 1 N–H and O–H groups in total. The number of hydrogen-bond acceptors (Lipinski definition) is 3. The zero-order chi connectivity index (χ0) is 14.8. The minimum atomic E-state index is -0.872. The third-order valence-corrected chi connectivity index (χ3v) is 4.95. The first kappa shape index (κ1) is 14.4. The van der Waals surface area contributed by atoms with Crippen molar-refractivity contribution in [3.05, 3.63) is 24.0 Å². The Bertz CT molecular complexity index is 667. The fourth-order valence-electron chi connectivity index (χ4n) is 2.62. The van der Waals surface area contributed by atoms with Crippen molar-refractivity contribution in [2.24, 2.45) is 5.92 Å². The van der Waals surface area contributed by atoms with Crippen molar-refractivity contribution in [3.8, 4) is 0 Å². The monoisotopic (exact) mass is 308 g/mol.